The molecule has 2 aromatic rings. The molecule has 0 radical (unpaired) electrons. The lowest BCUT2D eigenvalue weighted by Gasteiger charge is -2.05. The van der Waals surface area contributed by atoms with E-state index in [0.717, 1.165) is 11.1 Å². The second kappa shape index (κ2) is 6.08. The third kappa shape index (κ3) is 3.16. The molecule has 0 aliphatic carbocycles. The van der Waals surface area contributed by atoms with Crippen molar-refractivity contribution in [3.05, 3.63) is 64.9 Å². The molecule has 0 aromatic heterocycles. The Morgan fingerprint density at radius 1 is 1.22 bits per heavy atom. The SMILES string of the molecule is CC(=O)COc1ccc2c(c1)OC(=Cc1ccccc1C)C2=O. The summed E-state index contributed by atoms with van der Waals surface area (Å²) in [6.45, 7) is 3.43. The molecule has 3 rings (SSSR count). The van der Waals surface area contributed by atoms with E-state index in [0.29, 0.717) is 17.1 Å². The van der Waals surface area contributed by atoms with Crippen LogP contribution in [-0.4, -0.2) is 18.2 Å². The summed E-state index contributed by atoms with van der Waals surface area (Å²) in [6.07, 6.45) is 1.74. The molecule has 0 amide bonds. The van der Waals surface area contributed by atoms with Crippen molar-refractivity contribution in [3.8, 4) is 11.5 Å². The molecular formula is C19H16O4. The second-order valence-electron chi connectivity index (χ2n) is 5.45. The molecule has 116 valence electrons. The van der Waals surface area contributed by atoms with E-state index in [-0.39, 0.29) is 23.9 Å². The number of Topliss-reactive ketones (excluding diaryl/α,β-unsaturated/α-hetero) is 2. The Morgan fingerprint density at radius 2 is 2.00 bits per heavy atom. The lowest BCUT2D eigenvalue weighted by atomic mass is 10.1. The molecule has 0 N–H and O–H groups in total. The van der Waals surface area contributed by atoms with Crippen LogP contribution >= 0.6 is 0 Å². The molecule has 0 spiro atoms. The molecule has 1 aliphatic heterocycles. The van der Waals surface area contributed by atoms with E-state index in [1.165, 1.54) is 6.92 Å². The zero-order valence-electron chi connectivity index (χ0n) is 13.0. The first-order valence-corrected chi connectivity index (χ1v) is 7.31. The Balaban J connectivity index is 1.87. The van der Waals surface area contributed by atoms with Gasteiger partial charge in [-0.2, -0.15) is 0 Å². The summed E-state index contributed by atoms with van der Waals surface area (Å²) in [7, 11) is 0. The summed E-state index contributed by atoms with van der Waals surface area (Å²) in [6, 6.07) is 12.7. The van der Waals surface area contributed by atoms with Crippen LogP contribution < -0.4 is 9.47 Å². The number of benzene rings is 2. The minimum atomic E-state index is -0.152. The van der Waals surface area contributed by atoms with Crippen LogP contribution in [0.15, 0.2) is 48.2 Å². The second-order valence-corrected chi connectivity index (χ2v) is 5.45. The monoisotopic (exact) mass is 308 g/mol. The van der Waals surface area contributed by atoms with Gasteiger partial charge in [-0.3, -0.25) is 9.59 Å². The first kappa shape index (κ1) is 15.0. The van der Waals surface area contributed by atoms with Crippen LogP contribution in [0.4, 0.5) is 0 Å². The fraction of sp³-hybridized carbons (Fsp3) is 0.158. The predicted octanol–water partition coefficient (Wildman–Crippen LogP) is 3.58. The molecule has 2 aromatic carbocycles. The van der Waals surface area contributed by atoms with Crippen molar-refractivity contribution in [3.63, 3.8) is 0 Å². The lowest BCUT2D eigenvalue weighted by Crippen LogP contribution is -2.06. The summed E-state index contributed by atoms with van der Waals surface area (Å²) in [4.78, 5) is 23.4. The molecule has 0 unspecified atom stereocenters. The van der Waals surface area contributed by atoms with Crippen LogP contribution in [0.25, 0.3) is 6.08 Å². The molecule has 0 bridgehead atoms. The third-order valence-corrected chi connectivity index (χ3v) is 3.56. The lowest BCUT2D eigenvalue weighted by molar-refractivity contribution is -0.118. The Kier molecular flexibility index (Phi) is 3.98. The number of carbonyl (C=O) groups is 2. The van der Waals surface area contributed by atoms with Crippen LogP contribution in [0.2, 0.25) is 0 Å². The summed E-state index contributed by atoms with van der Waals surface area (Å²) < 4.78 is 11.0. The molecule has 0 fully saturated rings. The van der Waals surface area contributed by atoms with E-state index in [2.05, 4.69) is 0 Å². The van der Waals surface area contributed by atoms with E-state index < -0.39 is 0 Å². The first-order valence-electron chi connectivity index (χ1n) is 7.31. The molecule has 0 saturated heterocycles. The number of allylic oxidation sites excluding steroid dienone is 1. The highest BCUT2D eigenvalue weighted by atomic mass is 16.5. The van der Waals surface area contributed by atoms with Gasteiger partial charge in [0.05, 0.1) is 5.56 Å². The number of rotatable bonds is 4. The van der Waals surface area contributed by atoms with Crippen LogP contribution in [-0.2, 0) is 4.79 Å². The average molecular weight is 308 g/mol. The van der Waals surface area contributed by atoms with Crippen molar-refractivity contribution in [2.45, 2.75) is 13.8 Å². The number of hydrogen-bond donors (Lipinski definition) is 0. The van der Waals surface area contributed by atoms with Gasteiger partial charge in [-0.15, -0.1) is 0 Å². The first-order chi connectivity index (χ1) is 11.0. The molecule has 1 heterocycles. The van der Waals surface area contributed by atoms with Gasteiger partial charge in [0, 0.05) is 6.07 Å². The minimum absolute atomic E-state index is 0.00135. The number of fused-ring (bicyclic) bond motifs is 1. The fourth-order valence-electron chi connectivity index (χ4n) is 2.33. The number of ketones is 2. The topological polar surface area (TPSA) is 52.6 Å². The molecule has 0 atom stereocenters. The Hall–Kier alpha value is -2.88. The smallest absolute Gasteiger partial charge is 0.231 e. The summed E-state index contributed by atoms with van der Waals surface area (Å²) in [5.41, 5.74) is 2.51. The molecule has 0 saturated carbocycles. The summed E-state index contributed by atoms with van der Waals surface area (Å²) in [5.74, 6) is 1.03. The molecular weight excluding hydrogens is 292 g/mol. The highest BCUT2D eigenvalue weighted by Gasteiger charge is 2.27. The van der Waals surface area contributed by atoms with Crippen LogP contribution in [0, 0.1) is 6.92 Å². The maximum absolute atomic E-state index is 12.4. The molecule has 4 nitrogen and oxygen atoms in total. The van der Waals surface area contributed by atoms with E-state index in [1.54, 1.807) is 24.3 Å². The highest BCUT2D eigenvalue weighted by molar-refractivity contribution is 6.14. The van der Waals surface area contributed by atoms with Crippen molar-refractivity contribution in [2.75, 3.05) is 6.61 Å². The van der Waals surface area contributed by atoms with Gasteiger partial charge in [0.2, 0.25) is 5.78 Å². The van der Waals surface area contributed by atoms with Crippen LogP contribution in [0.1, 0.15) is 28.4 Å². The van der Waals surface area contributed by atoms with Gasteiger partial charge in [0.25, 0.3) is 0 Å². The van der Waals surface area contributed by atoms with Crippen molar-refractivity contribution in [1.82, 2.24) is 0 Å². The van der Waals surface area contributed by atoms with E-state index in [4.69, 9.17) is 9.47 Å². The maximum Gasteiger partial charge on any atom is 0.231 e. The van der Waals surface area contributed by atoms with Crippen molar-refractivity contribution in [1.29, 1.82) is 0 Å². The predicted molar refractivity (Wildman–Crippen MR) is 86.7 cm³/mol. The van der Waals surface area contributed by atoms with Gasteiger partial charge in [-0.25, -0.2) is 0 Å². The number of hydrogen-bond acceptors (Lipinski definition) is 4. The largest absolute Gasteiger partial charge is 0.486 e. The van der Waals surface area contributed by atoms with E-state index >= 15 is 0 Å². The zero-order chi connectivity index (χ0) is 16.4. The van der Waals surface area contributed by atoms with Crippen molar-refractivity contribution < 1.29 is 19.1 Å². The van der Waals surface area contributed by atoms with E-state index in [1.807, 2.05) is 31.2 Å². The van der Waals surface area contributed by atoms with Gasteiger partial charge in [0.15, 0.2) is 11.5 Å². The fourth-order valence-corrected chi connectivity index (χ4v) is 2.33. The zero-order valence-corrected chi connectivity index (χ0v) is 13.0. The van der Waals surface area contributed by atoms with Gasteiger partial charge >= 0.3 is 0 Å². The third-order valence-electron chi connectivity index (χ3n) is 3.56. The summed E-state index contributed by atoms with van der Waals surface area (Å²) in [5, 5.41) is 0. The number of aryl methyl sites for hydroxylation is 1. The number of carbonyl (C=O) groups excluding carboxylic acids is 2. The normalized spacial score (nSPS) is 14.5. The Bertz CT molecular complexity index is 818. The van der Waals surface area contributed by atoms with E-state index in [9.17, 15) is 9.59 Å². The quantitative estimate of drug-likeness (QED) is 0.810. The van der Waals surface area contributed by atoms with Gasteiger partial charge in [-0.05, 0) is 43.2 Å². The van der Waals surface area contributed by atoms with Gasteiger partial charge in [0.1, 0.15) is 18.1 Å². The standard InChI is InChI=1S/C19H16O4/c1-12-5-3-4-6-14(12)9-18-19(21)16-8-7-15(10-17(16)23-18)22-11-13(2)20/h3-10H,11H2,1-2H3. The van der Waals surface area contributed by atoms with Crippen LogP contribution in [0.5, 0.6) is 11.5 Å². The Morgan fingerprint density at radius 3 is 2.74 bits per heavy atom. The van der Waals surface area contributed by atoms with Crippen molar-refractivity contribution in [2.24, 2.45) is 0 Å². The average Bonchev–Trinajstić information content (AvgIpc) is 2.83. The maximum atomic E-state index is 12.4. The van der Waals surface area contributed by atoms with Crippen molar-refractivity contribution >= 4 is 17.6 Å². The summed E-state index contributed by atoms with van der Waals surface area (Å²) >= 11 is 0. The number of ether oxygens (including phenoxy) is 2. The molecule has 1 aliphatic rings. The van der Waals surface area contributed by atoms with Gasteiger partial charge in [-0.1, -0.05) is 24.3 Å². The van der Waals surface area contributed by atoms with Gasteiger partial charge < -0.3 is 9.47 Å². The highest BCUT2D eigenvalue weighted by Crippen LogP contribution is 2.35. The minimum Gasteiger partial charge on any atom is -0.486 e. The van der Waals surface area contributed by atoms with Crippen LogP contribution in [0.3, 0.4) is 0 Å². The Labute approximate surface area is 134 Å². The molecule has 23 heavy (non-hydrogen) atoms. The molecule has 4 heteroatoms.